The molecule has 0 radical (unpaired) electrons. The SMILES string of the molecule is CCCc1cnn(C)c1CNC. The molecule has 1 aromatic heterocycles. The number of aromatic nitrogens is 2. The third-order valence-corrected chi connectivity index (χ3v) is 2.01. The molecule has 3 heteroatoms. The van der Waals surface area contributed by atoms with Crippen molar-refractivity contribution in [1.29, 1.82) is 0 Å². The summed E-state index contributed by atoms with van der Waals surface area (Å²) in [5.74, 6) is 0. The topological polar surface area (TPSA) is 29.9 Å². The normalized spacial score (nSPS) is 10.6. The van der Waals surface area contributed by atoms with E-state index in [9.17, 15) is 0 Å². The maximum Gasteiger partial charge on any atom is 0.0550 e. The summed E-state index contributed by atoms with van der Waals surface area (Å²) in [6.45, 7) is 3.10. The second kappa shape index (κ2) is 4.26. The molecule has 0 spiro atoms. The van der Waals surface area contributed by atoms with Crippen LogP contribution in [0.1, 0.15) is 24.6 Å². The van der Waals surface area contributed by atoms with Crippen LogP contribution >= 0.6 is 0 Å². The van der Waals surface area contributed by atoms with Crippen LogP contribution in [0.3, 0.4) is 0 Å². The van der Waals surface area contributed by atoms with Gasteiger partial charge in [-0.1, -0.05) is 13.3 Å². The zero-order valence-electron chi connectivity index (χ0n) is 8.09. The van der Waals surface area contributed by atoms with Gasteiger partial charge in [0.2, 0.25) is 0 Å². The zero-order valence-corrected chi connectivity index (χ0v) is 8.09. The predicted octanol–water partition coefficient (Wildman–Crippen LogP) is 1.09. The Morgan fingerprint density at radius 2 is 2.33 bits per heavy atom. The van der Waals surface area contributed by atoms with Crippen LogP contribution in [0.5, 0.6) is 0 Å². The summed E-state index contributed by atoms with van der Waals surface area (Å²) >= 11 is 0. The first kappa shape index (κ1) is 9.26. The van der Waals surface area contributed by atoms with Gasteiger partial charge in [0, 0.05) is 13.6 Å². The second-order valence-electron chi connectivity index (χ2n) is 3.02. The molecular formula is C9H17N3. The molecule has 0 saturated heterocycles. The third kappa shape index (κ3) is 1.85. The highest BCUT2D eigenvalue weighted by atomic mass is 15.3. The lowest BCUT2D eigenvalue weighted by atomic mass is 10.1. The van der Waals surface area contributed by atoms with E-state index in [-0.39, 0.29) is 0 Å². The molecule has 0 aliphatic heterocycles. The van der Waals surface area contributed by atoms with Gasteiger partial charge in [0.25, 0.3) is 0 Å². The average molecular weight is 167 g/mol. The Labute approximate surface area is 73.8 Å². The molecule has 1 aromatic rings. The molecule has 1 N–H and O–H groups in total. The molecule has 0 fully saturated rings. The van der Waals surface area contributed by atoms with Crippen LogP contribution in [0.15, 0.2) is 6.20 Å². The van der Waals surface area contributed by atoms with Crippen molar-refractivity contribution in [1.82, 2.24) is 15.1 Å². The van der Waals surface area contributed by atoms with Crippen molar-refractivity contribution in [3.05, 3.63) is 17.5 Å². The summed E-state index contributed by atoms with van der Waals surface area (Å²) in [7, 11) is 3.95. The Balaban J connectivity index is 2.80. The van der Waals surface area contributed by atoms with Crippen molar-refractivity contribution in [2.45, 2.75) is 26.3 Å². The molecule has 1 rings (SSSR count). The Morgan fingerprint density at radius 3 is 2.92 bits per heavy atom. The lowest BCUT2D eigenvalue weighted by Crippen LogP contribution is -2.11. The smallest absolute Gasteiger partial charge is 0.0550 e. The van der Waals surface area contributed by atoms with E-state index in [1.165, 1.54) is 17.7 Å². The molecule has 0 aromatic carbocycles. The standard InChI is InChI=1S/C9H17N3/c1-4-5-8-6-11-12(3)9(8)7-10-2/h6,10H,4-5,7H2,1-3H3. The molecule has 0 aliphatic carbocycles. The Hall–Kier alpha value is -0.830. The lowest BCUT2D eigenvalue weighted by Gasteiger charge is -2.03. The molecule has 12 heavy (non-hydrogen) atoms. The fourth-order valence-corrected chi connectivity index (χ4v) is 1.38. The van der Waals surface area contributed by atoms with Crippen LogP contribution in [0.2, 0.25) is 0 Å². The first-order valence-corrected chi connectivity index (χ1v) is 4.44. The highest BCUT2D eigenvalue weighted by Gasteiger charge is 2.05. The first-order valence-electron chi connectivity index (χ1n) is 4.44. The predicted molar refractivity (Wildman–Crippen MR) is 50.0 cm³/mol. The number of nitrogens with one attached hydrogen (secondary N) is 1. The minimum absolute atomic E-state index is 0.909. The van der Waals surface area contributed by atoms with Gasteiger partial charge in [-0.25, -0.2) is 0 Å². The van der Waals surface area contributed by atoms with Gasteiger partial charge in [-0.2, -0.15) is 5.10 Å². The van der Waals surface area contributed by atoms with Gasteiger partial charge in [-0.15, -0.1) is 0 Å². The molecule has 3 nitrogen and oxygen atoms in total. The number of nitrogens with zero attached hydrogens (tertiary/aromatic N) is 2. The summed E-state index contributed by atoms with van der Waals surface area (Å²) in [5.41, 5.74) is 2.67. The maximum atomic E-state index is 4.23. The second-order valence-corrected chi connectivity index (χ2v) is 3.02. The van der Waals surface area contributed by atoms with E-state index in [0.29, 0.717) is 0 Å². The lowest BCUT2D eigenvalue weighted by molar-refractivity contribution is 0.666. The molecule has 0 bridgehead atoms. The van der Waals surface area contributed by atoms with Crippen molar-refractivity contribution in [3.8, 4) is 0 Å². The minimum Gasteiger partial charge on any atom is -0.314 e. The summed E-state index contributed by atoms with van der Waals surface area (Å²) in [5, 5.41) is 7.38. The van der Waals surface area contributed by atoms with E-state index in [0.717, 1.165) is 13.0 Å². The summed E-state index contributed by atoms with van der Waals surface area (Å²) in [4.78, 5) is 0. The molecule has 0 saturated carbocycles. The molecule has 1 heterocycles. The molecular weight excluding hydrogens is 150 g/mol. The zero-order chi connectivity index (χ0) is 8.97. The van der Waals surface area contributed by atoms with Crippen molar-refractivity contribution < 1.29 is 0 Å². The molecule has 0 amide bonds. The van der Waals surface area contributed by atoms with Crippen molar-refractivity contribution in [3.63, 3.8) is 0 Å². The number of aryl methyl sites for hydroxylation is 2. The van der Waals surface area contributed by atoms with E-state index >= 15 is 0 Å². The van der Waals surface area contributed by atoms with Crippen LogP contribution in [0.4, 0.5) is 0 Å². The monoisotopic (exact) mass is 167 g/mol. The maximum absolute atomic E-state index is 4.23. The molecule has 0 unspecified atom stereocenters. The van der Waals surface area contributed by atoms with Crippen LogP contribution in [0, 0.1) is 0 Å². The first-order chi connectivity index (χ1) is 5.79. The van der Waals surface area contributed by atoms with Crippen molar-refractivity contribution in [2.24, 2.45) is 7.05 Å². The van der Waals surface area contributed by atoms with Crippen LogP contribution in [-0.4, -0.2) is 16.8 Å². The quantitative estimate of drug-likeness (QED) is 0.727. The van der Waals surface area contributed by atoms with Crippen molar-refractivity contribution in [2.75, 3.05) is 7.05 Å². The van der Waals surface area contributed by atoms with Crippen LogP contribution in [0.25, 0.3) is 0 Å². The summed E-state index contributed by atoms with van der Waals surface area (Å²) < 4.78 is 1.95. The Kier molecular flexibility index (Phi) is 3.29. The van der Waals surface area contributed by atoms with Gasteiger partial charge >= 0.3 is 0 Å². The summed E-state index contributed by atoms with van der Waals surface area (Å²) in [6, 6.07) is 0. The van der Waals surface area contributed by atoms with E-state index in [4.69, 9.17) is 0 Å². The highest BCUT2D eigenvalue weighted by molar-refractivity contribution is 5.17. The van der Waals surface area contributed by atoms with Crippen LogP contribution < -0.4 is 5.32 Å². The largest absolute Gasteiger partial charge is 0.314 e. The van der Waals surface area contributed by atoms with E-state index in [1.807, 2.05) is 25.0 Å². The van der Waals surface area contributed by atoms with Crippen molar-refractivity contribution >= 4 is 0 Å². The van der Waals surface area contributed by atoms with E-state index < -0.39 is 0 Å². The molecule has 68 valence electrons. The fraction of sp³-hybridized carbons (Fsp3) is 0.667. The minimum atomic E-state index is 0.909. The Morgan fingerprint density at radius 1 is 1.58 bits per heavy atom. The number of rotatable bonds is 4. The third-order valence-electron chi connectivity index (χ3n) is 2.01. The van der Waals surface area contributed by atoms with Gasteiger partial charge in [0.1, 0.15) is 0 Å². The summed E-state index contributed by atoms with van der Waals surface area (Å²) in [6.07, 6.45) is 4.28. The average Bonchev–Trinajstić information content (AvgIpc) is 2.37. The van der Waals surface area contributed by atoms with Gasteiger partial charge in [-0.05, 0) is 19.0 Å². The van der Waals surface area contributed by atoms with Gasteiger partial charge in [-0.3, -0.25) is 4.68 Å². The number of hydrogen-bond acceptors (Lipinski definition) is 2. The van der Waals surface area contributed by atoms with E-state index in [2.05, 4.69) is 17.3 Å². The van der Waals surface area contributed by atoms with Crippen LogP contribution in [-0.2, 0) is 20.0 Å². The van der Waals surface area contributed by atoms with Gasteiger partial charge in [0.05, 0.1) is 11.9 Å². The highest BCUT2D eigenvalue weighted by Crippen LogP contribution is 2.09. The fourth-order valence-electron chi connectivity index (χ4n) is 1.38. The van der Waals surface area contributed by atoms with E-state index in [1.54, 1.807) is 0 Å². The molecule has 0 aliphatic rings. The van der Waals surface area contributed by atoms with Gasteiger partial charge < -0.3 is 5.32 Å². The number of hydrogen-bond donors (Lipinski definition) is 1. The molecule has 0 atom stereocenters. The Bertz CT molecular complexity index is 240. The van der Waals surface area contributed by atoms with Gasteiger partial charge in [0.15, 0.2) is 0 Å².